The van der Waals surface area contributed by atoms with Gasteiger partial charge in [-0.25, -0.2) is 15.0 Å². The molecule has 3 rings (SSSR count). The van der Waals surface area contributed by atoms with Crippen LogP contribution in [0.4, 0.5) is 5.82 Å². The smallest absolute Gasteiger partial charge is 0.314 e. The summed E-state index contributed by atoms with van der Waals surface area (Å²) in [4.78, 5) is 42.8. The highest BCUT2D eigenvalue weighted by Gasteiger charge is 1.99. The Kier molecular flexibility index (Phi) is 7.27. The molecule has 3 aromatic rings. The number of aromatic nitrogens is 5. The number of carbonyl (C=O) groups excluding carboxylic acids is 1. The van der Waals surface area contributed by atoms with Gasteiger partial charge in [-0.2, -0.15) is 0 Å². The minimum absolute atomic E-state index is 0.433. The number of aromatic amines is 1. The van der Waals surface area contributed by atoms with Crippen molar-refractivity contribution in [1.29, 1.82) is 0 Å². The van der Waals surface area contributed by atoms with E-state index < -0.39 is 14.2 Å². The molecule has 0 spiro atoms. The van der Waals surface area contributed by atoms with Gasteiger partial charge < -0.3 is 26.2 Å². The van der Waals surface area contributed by atoms with E-state index >= 15 is 0 Å². The first-order valence-electron chi connectivity index (χ1n) is 5.93. The minimum Gasteiger partial charge on any atom is -0.382 e. The molecule has 23 heavy (non-hydrogen) atoms. The predicted molar refractivity (Wildman–Crippen MR) is 82.3 cm³/mol. The number of hydrogen-bond acceptors (Lipinski definition) is 7. The summed E-state index contributed by atoms with van der Waals surface area (Å²) in [5.41, 5.74) is 12.2. The van der Waals surface area contributed by atoms with Crippen LogP contribution in [0.3, 0.4) is 0 Å². The second kappa shape index (κ2) is 9.20. The van der Waals surface area contributed by atoms with Crippen LogP contribution < -0.4 is 11.5 Å². The van der Waals surface area contributed by atoms with Gasteiger partial charge >= 0.3 is 8.25 Å². The molecule has 0 aliphatic heterocycles. The zero-order valence-corrected chi connectivity index (χ0v) is 12.6. The van der Waals surface area contributed by atoms with Crippen molar-refractivity contribution in [2.75, 3.05) is 5.73 Å². The van der Waals surface area contributed by atoms with Gasteiger partial charge in [-0.05, 0) is 12.1 Å². The lowest BCUT2D eigenvalue weighted by atomic mass is 10.3. The van der Waals surface area contributed by atoms with Crippen molar-refractivity contribution in [3.8, 4) is 0 Å². The first kappa shape index (κ1) is 18.2. The highest BCUT2D eigenvalue weighted by atomic mass is 31.1. The molecule has 122 valence electrons. The van der Waals surface area contributed by atoms with E-state index in [1.165, 1.54) is 18.9 Å². The van der Waals surface area contributed by atoms with Crippen molar-refractivity contribution in [1.82, 2.24) is 24.9 Å². The van der Waals surface area contributed by atoms with Gasteiger partial charge in [0.15, 0.2) is 11.5 Å². The molecule has 11 nitrogen and oxygen atoms in total. The minimum atomic E-state index is -3.13. The molecule has 3 heterocycles. The molecule has 0 aliphatic rings. The van der Waals surface area contributed by atoms with Crippen molar-refractivity contribution in [2.24, 2.45) is 5.73 Å². The fourth-order valence-electron chi connectivity index (χ4n) is 1.29. The Labute approximate surface area is 130 Å². The third-order valence-electron chi connectivity index (χ3n) is 2.20. The Bertz CT molecular complexity index is 776. The zero-order valence-electron chi connectivity index (χ0n) is 11.6. The molecular weight excluding hydrogens is 325 g/mol. The number of imidazole rings is 1. The third kappa shape index (κ3) is 6.61. The van der Waals surface area contributed by atoms with Crippen LogP contribution in [0.5, 0.6) is 0 Å². The van der Waals surface area contributed by atoms with Gasteiger partial charge in [-0.3, -0.25) is 14.3 Å². The van der Waals surface area contributed by atoms with Crippen LogP contribution in [0.25, 0.3) is 11.2 Å². The van der Waals surface area contributed by atoms with Gasteiger partial charge in [0.2, 0.25) is 5.91 Å². The van der Waals surface area contributed by atoms with Gasteiger partial charge in [0.05, 0.1) is 11.9 Å². The Morgan fingerprint density at radius 2 is 1.96 bits per heavy atom. The van der Waals surface area contributed by atoms with Gasteiger partial charge in [0.1, 0.15) is 11.8 Å². The quantitative estimate of drug-likeness (QED) is 0.362. The first-order chi connectivity index (χ1) is 10.9. The van der Waals surface area contributed by atoms with Crippen molar-refractivity contribution >= 4 is 31.1 Å². The Morgan fingerprint density at radius 3 is 2.43 bits per heavy atom. The highest BCUT2D eigenvalue weighted by Crippen LogP contribution is 2.09. The number of primary amides is 1. The largest absolute Gasteiger partial charge is 0.382 e. The number of amides is 1. The molecule has 0 saturated carbocycles. The fraction of sp³-hybridized carbons (Fsp3) is 0. The number of nitrogens with two attached hydrogens (primary N) is 2. The van der Waals surface area contributed by atoms with E-state index in [-0.39, 0.29) is 0 Å². The van der Waals surface area contributed by atoms with Crippen molar-refractivity contribution in [3.63, 3.8) is 0 Å². The topological polar surface area (TPSA) is 194 Å². The number of hydrogen-bond donors (Lipinski definition) is 5. The van der Waals surface area contributed by atoms with E-state index in [4.69, 9.17) is 25.8 Å². The number of carbonyl (C=O) groups is 1. The normalized spacial score (nSPS) is 9.52. The molecule has 3 aromatic heterocycles. The Hall–Kier alpha value is -2.88. The number of fused-ring (bicyclic) bond motifs is 1. The average Bonchev–Trinajstić information content (AvgIpc) is 2.98. The molecule has 0 bridgehead atoms. The van der Waals surface area contributed by atoms with Gasteiger partial charge in [-0.1, -0.05) is 0 Å². The van der Waals surface area contributed by atoms with Gasteiger partial charge in [0, 0.05) is 12.4 Å². The summed E-state index contributed by atoms with van der Waals surface area (Å²) in [5, 5.41) is 0. The van der Waals surface area contributed by atoms with E-state index in [2.05, 4.69) is 24.9 Å². The summed E-state index contributed by atoms with van der Waals surface area (Å²) in [6.45, 7) is 0. The molecule has 7 N–H and O–H groups in total. The van der Waals surface area contributed by atoms with Crippen LogP contribution in [0.15, 0.2) is 37.2 Å². The number of anilines is 1. The summed E-state index contributed by atoms with van der Waals surface area (Å²) in [6.07, 6.45) is 5.95. The number of rotatable bonds is 1. The number of nitrogens with one attached hydrogen (secondary N) is 1. The second-order valence-corrected chi connectivity index (χ2v) is 4.31. The summed E-state index contributed by atoms with van der Waals surface area (Å²) in [6, 6.07) is 3.29. The molecule has 0 saturated heterocycles. The maximum atomic E-state index is 10.4. The molecule has 12 heteroatoms. The van der Waals surface area contributed by atoms with Gasteiger partial charge in [0.25, 0.3) is 0 Å². The second-order valence-electron chi connectivity index (χ2n) is 3.75. The van der Waals surface area contributed by atoms with E-state index in [0.29, 0.717) is 22.5 Å². The summed E-state index contributed by atoms with van der Waals surface area (Å²) in [5.74, 6) is -0.00870. The van der Waals surface area contributed by atoms with Crippen LogP contribution in [0.2, 0.25) is 0 Å². The molecule has 0 aliphatic carbocycles. The maximum absolute atomic E-state index is 10.4. The number of pyridine rings is 1. The fourth-order valence-corrected chi connectivity index (χ4v) is 1.29. The monoisotopic (exact) mass is 339 g/mol. The van der Waals surface area contributed by atoms with Crippen LogP contribution in [0, 0.1) is 0 Å². The maximum Gasteiger partial charge on any atom is 0.314 e. The molecule has 1 amide bonds. The van der Waals surface area contributed by atoms with Gasteiger partial charge in [-0.15, -0.1) is 0 Å². The highest BCUT2D eigenvalue weighted by molar-refractivity contribution is 7.30. The predicted octanol–water partition coefficient (Wildman–Crippen LogP) is -0.524. The molecule has 0 fully saturated rings. The molecule has 0 atom stereocenters. The molecule has 0 radical (unpaired) electrons. The Balaban J connectivity index is 0.000000189. The van der Waals surface area contributed by atoms with Crippen LogP contribution in [0.1, 0.15) is 10.4 Å². The van der Waals surface area contributed by atoms with E-state index in [1.807, 2.05) is 0 Å². The van der Waals surface area contributed by atoms with Crippen molar-refractivity contribution in [3.05, 3.63) is 42.7 Å². The number of H-pyrrole nitrogens is 1. The SMILES string of the molecule is NC(=O)c1cccnc1.Nc1ncnc2nc[nH]c12.O=[PH](O)O. The molecule has 0 aromatic carbocycles. The lowest BCUT2D eigenvalue weighted by Gasteiger charge is -1.89. The van der Waals surface area contributed by atoms with Crippen LogP contribution in [-0.4, -0.2) is 40.6 Å². The third-order valence-corrected chi connectivity index (χ3v) is 2.20. The zero-order chi connectivity index (χ0) is 17.2. The standard InChI is InChI=1S/C6H6N2O.C5H5N5.H3O3P/c7-6(9)5-2-1-3-8-4-5;6-4-3-5(9-1-7-3)10-2-8-4;1-4(2)3/h1-4H,(H2,7,9);1-2H,(H3,6,7,8,9,10);4H,(H2,1,2,3). The lowest BCUT2D eigenvalue weighted by Crippen LogP contribution is -2.10. The van der Waals surface area contributed by atoms with Crippen molar-refractivity contribution < 1.29 is 19.1 Å². The number of nitrogens with zero attached hydrogens (tertiary/aromatic N) is 4. The first-order valence-corrected chi connectivity index (χ1v) is 7.23. The van der Waals surface area contributed by atoms with Crippen molar-refractivity contribution in [2.45, 2.75) is 0 Å². The summed E-state index contributed by atoms with van der Waals surface area (Å²) >= 11 is 0. The van der Waals surface area contributed by atoms with Crippen LogP contribution >= 0.6 is 8.25 Å². The van der Waals surface area contributed by atoms with E-state index in [1.54, 1.807) is 18.3 Å². The molecule has 0 unspecified atom stereocenters. The molecular formula is C11H14N7O4P. The summed E-state index contributed by atoms with van der Waals surface area (Å²) in [7, 11) is -3.13. The van der Waals surface area contributed by atoms with Crippen LogP contribution in [-0.2, 0) is 4.57 Å². The summed E-state index contributed by atoms with van der Waals surface area (Å²) < 4.78 is 8.74. The average molecular weight is 339 g/mol. The Morgan fingerprint density at radius 1 is 1.26 bits per heavy atom. The lowest BCUT2D eigenvalue weighted by molar-refractivity contribution is 0.1000. The number of nitrogen functional groups attached to an aromatic ring is 1. The van der Waals surface area contributed by atoms with E-state index in [0.717, 1.165) is 0 Å². The van der Waals surface area contributed by atoms with E-state index in [9.17, 15) is 4.79 Å².